The predicted molar refractivity (Wildman–Crippen MR) is 137 cm³/mol. The third-order valence-electron chi connectivity index (χ3n) is 6.17. The predicted octanol–water partition coefficient (Wildman–Crippen LogP) is 9.04. The summed E-state index contributed by atoms with van der Waals surface area (Å²) >= 11 is 0.713. The molecule has 0 saturated carbocycles. The summed E-state index contributed by atoms with van der Waals surface area (Å²) in [4.78, 5) is 26.1. The molecule has 1 unspecified atom stereocenters. The molecule has 1 atom stereocenters. The molecule has 0 radical (unpaired) electrons. The molecule has 0 aliphatic heterocycles. The molecule has 0 fully saturated rings. The number of amides is 2. The van der Waals surface area contributed by atoms with E-state index in [1.807, 2.05) is 0 Å². The van der Waals surface area contributed by atoms with Crippen LogP contribution in [0.2, 0.25) is 0 Å². The van der Waals surface area contributed by atoms with Gasteiger partial charge >= 0.3 is 30.1 Å². The minimum atomic E-state index is -7.28. The molecule has 3 aromatic carbocycles. The number of carbonyl (C=O) groups excluding carboxylic acids is 2. The van der Waals surface area contributed by atoms with Gasteiger partial charge in [-0.25, -0.2) is 13.2 Å². The van der Waals surface area contributed by atoms with Crippen LogP contribution in [0.15, 0.2) is 54.6 Å². The summed E-state index contributed by atoms with van der Waals surface area (Å²) in [6.07, 6.45) is -20.2. The molecule has 3 rings (SSSR count). The molecule has 0 aliphatic carbocycles. The summed E-state index contributed by atoms with van der Waals surface area (Å²) in [5.74, 6) is -12.4. The first-order valence-corrected chi connectivity index (χ1v) is 12.7. The van der Waals surface area contributed by atoms with Crippen LogP contribution in [0, 0.1) is 15.2 Å². The maximum atomic E-state index is 15.3. The minimum Gasteiger partial charge on any atom is -0.320 e. The van der Waals surface area contributed by atoms with Gasteiger partial charge in [-0.2, -0.15) is 48.3 Å². The smallest absolute Gasteiger partial charge is 0.320 e. The van der Waals surface area contributed by atoms with Crippen molar-refractivity contribution in [2.24, 2.45) is 0 Å². The van der Waals surface area contributed by atoms with Crippen molar-refractivity contribution in [3.63, 3.8) is 0 Å². The Morgan fingerprint density at radius 3 is 1.87 bits per heavy atom. The quantitative estimate of drug-likeness (QED) is 0.201. The van der Waals surface area contributed by atoms with E-state index in [1.54, 1.807) is 0 Å². The Kier molecular flexibility index (Phi) is 9.50. The number of rotatable bonds is 6. The van der Waals surface area contributed by atoms with E-state index in [2.05, 4.69) is 0 Å². The number of benzene rings is 3. The van der Waals surface area contributed by atoms with Crippen LogP contribution in [0.25, 0.3) is 0 Å². The van der Waals surface area contributed by atoms with E-state index in [9.17, 15) is 66.7 Å². The first-order valence-electron chi connectivity index (χ1n) is 11.6. The maximum Gasteiger partial charge on any atom is 0.457 e. The highest BCUT2D eigenvalue weighted by Crippen LogP contribution is 2.59. The maximum absolute atomic E-state index is 15.3. The van der Waals surface area contributed by atoms with Crippen LogP contribution >= 0.6 is 22.6 Å². The summed E-state index contributed by atoms with van der Waals surface area (Å²) < 4.78 is 191. The van der Waals surface area contributed by atoms with E-state index in [4.69, 9.17) is 0 Å². The fourth-order valence-electron chi connectivity index (χ4n) is 3.93. The van der Waals surface area contributed by atoms with E-state index in [1.165, 1.54) is 5.32 Å². The van der Waals surface area contributed by atoms with Gasteiger partial charge in [-0.05, 0) is 65.1 Å². The van der Waals surface area contributed by atoms with E-state index < -0.39 is 97.3 Å². The monoisotopic (exact) mass is 778 g/mol. The van der Waals surface area contributed by atoms with Gasteiger partial charge < -0.3 is 10.2 Å². The zero-order valence-electron chi connectivity index (χ0n) is 21.6. The first-order chi connectivity index (χ1) is 20.4. The fraction of sp³-hybridized carbons (Fsp3) is 0.231. The summed E-state index contributed by atoms with van der Waals surface area (Å²) in [5, 5.41) is 1.49. The van der Waals surface area contributed by atoms with Gasteiger partial charge in [-0.15, -0.1) is 0 Å². The van der Waals surface area contributed by atoms with E-state index in [0.717, 1.165) is 43.4 Å². The normalized spacial score (nSPS) is 14.1. The van der Waals surface area contributed by atoms with Crippen LogP contribution < -0.4 is 10.2 Å². The highest BCUT2D eigenvalue weighted by atomic mass is 127. The third-order valence-corrected chi connectivity index (χ3v) is 7.02. The van der Waals surface area contributed by atoms with Crippen LogP contribution in [0.4, 0.5) is 72.8 Å². The van der Waals surface area contributed by atoms with Gasteiger partial charge in [0.1, 0.15) is 5.82 Å². The summed E-state index contributed by atoms with van der Waals surface area (Å²) in [5.41, 5.74) is -15.6. The van der Waals surface area contributed by atoms with Crippen molar-refractivity contribution in [3.8, 4) is 0 Å². The van der Waals surface area contributed by atoms with Crippen molar-refractivity contribution in [3.05, 3.63) is 92.1 Å². The molecular weight excluding hydrogens is 765 g/mol. The second-order valence-corrected chi connectivity index (χ2v) is 10.2. The van der Waals surface area contributed by atoms with Crippen LogP contribution in [-0.4, -0.2) is 37.1 Å². The SMILES string of the molecule is CN(C(=O)c1cccc(F)c1)c1cccc(C(=O)Nc2c(I)cc(C(F)(C(F)(F)F)C(F)(F)C(F)(F)F)cc2C(F)(F)F)c1F. The standard InChI is InChI=1S/C26H13F14IN2O2/c1-43(21(45)11-4-2-5-13(27)8-11)17-7-3-6-14(18(17)28)20(44)42-19-15(23(30,31)32)9-12(10-16(19)41)22(29,25(35,36)37)24(33,34)26(38,39)40/h2-10H,1H3,(H,42,44). The number of nitrogens with zero attached hydrogens (tertiary/aromatic N) is 1. The third kappa shape index (κ3) is 6.53. The number of halogens is 15. The molecule has 0 aliphatic rings. The molecule has 0 saturated heterocycles. The van der Waals surface area contributed by atoms with Crippen LogP contribution in [0.1, 0.15) is 31.8 Å². The molecule has 0 bridgehead atoms. The van der Waals surface area contributed by atoms with Gasteiger partial charge in [0.15, 0.2) is 5.82 Å². The average molecular weight is 778 g/mol. The molecular formula is C26H13F14IN2O2. The van der Waals surface area contributed by atoms with Crippen molar-refractivity contribution in [2.45, 2.75) is 30.1 Å². The highest BCUT2D eigenvalue weighted by molar-refractivity contribution is 14.1. The van der Waals surface area contributed by atoms with Crippen molar-refractivity contribution in [2.75, 3.05) is 17.3 Å². The molecule has 244 valence electrons. The Balaban J connectivity index is 2.13. The Bertz CT molecular complexity index is 1640. The molecule has 1 N–H and O–H groups in total. The molecule has 2 amide bonds. The number of anilines is 2. The van der Waals surface area contributed by atoms with Gasteiger partial charge in [0, 0.05) is 21.7 Å². The molecule has 0 aromatic heterocycles. The Labute approximate surface area is 256 Å². The number of carbonyl (C=O) groups is 2. The topological polar surface area (TPSA) is 49.4 Å². The van der Waals surface area contributed by atoms with Crippen molar-refractivity contribution < 1.29 is 71.1 Å². The number of hydrogen-bond donors (Lipinski definition) is 1. The van der Waals surface area contributed by atoms with E-state index in [0.29, 0.717) is 33.6 Å². The van der Waals surface area contributed by atoms with E-state index in [-0.39, 0.29) is 5.56 Å². The highest BCUT2D eigenvalue weighted by Gasteiger charge is 2.82. The number of nitrogens with one attached hydrogen (secondary N) is 1. The van der Waals surface area contributed by atoms with Crippen LogP contribution in [-0.2, 0) is 11.8 Å². The van der Waals surface area contributed by atoms with Crippen molar-refractivity contribution in [1.29, 1.82) is 0 Å². The molecule has 0 spiro atoms. The Morgan fingerprint density at radius 2 is 1.36 bits per heavy atom. The zero-order valence-corrected chi connectivity index (χ0v) is 23.8. The second kappa shape index (κ2) is 11.9. The lowest BCUT2D eigenvalue weighted by molar-refractivity contribution is -0.389. The van der Waals surface area contributed by atoms with Crippen LogP contribution in [0.3, 0.4) is 0 Å². The van der Waals surface area contributed by atoms with Crippen molar-refractivity contribution in [1.82, 2.24) is 0 Å². The lowest BCUT2D eigenvalue weighted by Gasteiger charge is -2.36. The summed E-state index contributed by atoms with van der Waals surface area (Å²) in [7, 11) is 0.983. The molecule has 19 heteroatoms. The number of hydrogen-bond acceptors (Lipinski definition) is 2. The minimum absolute atomic E-state index is 0.282. The molecule has 0 heterocycles. The largest absolute Gasteiger partial charge is 0.457 e. The summed E-state index contributed by atoms with van der Waals surface area (Å²) in [6.45, 7) is 0. The van der Waals surface area contributed by atoms with Gasteiger partial charge in [-0.3, -0.25) is 9.59 Å². The lowest BCUT2D eigenvalue weighted by Crippen LogP contribution is -2.59. The first kappa shape index (κ1) is 35.8. The summed E-state index contributed by atoms with van der Waals surface area (Å²) in [6, 6.07) is 5.23. The second-order valence-electron chi connectivity index (χ2n) is 9.07. The Hall–Kier alpha value is -3.65. The zero-order chi connectivity index (χ0) is 34.5. The van der Waals surface area contributed by atoms with E-state index >= 15 is 4.39 Å². The van der Waals surface area contributed by atoms with Crippen LogP contribution in [0.5, 0.6) is 0 Å². The van der Waals surface area contributed by atoms with Gasteiger partial charge in [-0.1, -0.05) is 12.1 Å². The Morgan fingerprint density at radius 1 is 0.778 bits per heavy atom. The number of alkyl halides is 12. The molecule has 4 nitrogen and oxygen atoms in total. The molecule has 3 aromatic rings. The van der Waals surface area contributed by atoms with Gasteiger partial charge in [0.2, 0.25) is 0 Å². The lowest BCUT2D eigenvalue weighted by atomic mass is 9.86. The fourth-order valence-corrected chi connectivity index (χ4v) is 4.69. The molecule has 45 heavy (non-hydrogen) atoms. The van der Waals surface area contributed by atoms with Gasteiger partial charge in [0.25, 0.3) is 11.8 Å². The van der Waals surface area contributed by atoms with Gasteiger partial charge in [0.05, 0.1) is 22.5 Å². The average Bonchev–Trinajstić information content (AvgIpc) is 2.90. The van der Waals surface area contributed by atoms with Crippen molar-refractivity contribution >= 4 is 45.8 Å².